The van der Waals surface area contributed by atoms with Gasteiger partial charge in [-0.25, -0.2) is 0 Å². The predicted molar refractivity (Wildman–Crippen MR) is 98.3 cm³/mol. The molecule has 5 heteroatoms. The van der Waals surface area contributed by atoms with Crippen molar-refractivity contribution in [2.24, 2.45) is 0 Å². The molecule has 0 spiro atoms. The van der Waals surface area contributed by atoms with Crippen LogP contribution in [0, 0.1) is 6.92 Å². The van der Waals surface area contributed by atoms with Gasteiger partial charge in [-0.3, -0.25) is 9.59 Å². The maximum atomic E-state index is 12.5. The van der Waals surface area contributed by atoms with Crippen LogP contribution < -0.4 is 5.32 Å². The van der Waals surface area contributed by atoms with Crippen LogP contribution in [0.4, 0.5) is 0 Å². The fourth-order valence-electron chi connectivity index (χ4n) is 2.43. The van der Waals surface area contributed by atoms with Crippen LogP contribution in [0.5, 0.6) is 0 Å². The Morgan fingerprint density at radius 3 is 2.48 bits per heavy atom. The molecule has 1 fully saturated rings. The summed E-state index contributed by atoms with van der Waals surface area (Å²) in [7, 11) is 0. The molecule has 1 aliphatic rings. The number of thioether (sulfide) groups is 1. The van der Waals surface area contributed by atoms with Crippen LogP contribution in [0.2, 0.25) is 0 Å². The monoisotopic (exact) mass is 355 g/mol. The number of amides is 1. The van der Waals surface area contributed by atoms with Gasteiger partial charge in [-0.05, 0) is 31.4 Å². The molecule has 0 aromatic heterocycles. The van der Waals surface area contributed by atoms with E-state index in [1.165, 1.54) is 11.8 Å². The van der Waals surface area contributed by atoms with Crippen molar-refractivity contribution in [1.29, 1.82) is 0 Å². The summed E-state index contributed by atoms with van der Waals surface area (Å²) < 4.78 is 5.52. The SMILES string of the molecule is Cc1ccccc1SCC(=O)OC(C(=O)NC1CC1)c1ccccc1. The molecular weight excluding hydrogens is 334 g/mol. The van der Waals surface area contributed by atoms with Crippen molar-refractivity contribution in [3.8, 4) is 0 Å². The van der Waals surface area contributed by atoms with Crippen LogP contribution >= 0.6 is 11.8 Å². The van der Waals surface area contributed by atoms with E-state index >= 15 is 0 Å². The molecule has 2 aromatic rings. The molecule has 1 unspecified atom stereocenters. The summed E-state index contributed by atoms with van der Waals surface area (Å²) in [6, 6.07) is 17.3. The molecule has 0 radical (unpaired) electrons. The molecule has 0 saturated heterocycles. The predicted octanol–water partition coefficient (Wildman–Crippen LogP) is 3.65. The molecule has 2 aromatic carbocycles. The van der Waals surface area contributed by atoms with Crippen LogP contribution in [0.3, 0.4) is 0 Å². The summed E-state index contributed by atoms with van der Waals surface area (Å²) in [6.45, 7) is 2.00. The first-order valence-electron chi connectivity index (χ1n) is 8.36. The first kappa shape index (κ1) is 17.5. The van der Waals surface area contributed by atoms with Gasteiger partial charge < -0.3 is 10.1 Å². The van der Waals surface area contributed by atoms with Crippen molar-refractivity contribution in [3.63, 3.8) is 0 Å². The van der Waals surface area contributed by atoms with E-state index in [2.05, 4.69) is 5.32 Å². The Bertz CT molecular complexity index is 744. The van der Waals surface area contributed by atoms with Crippen molar-refractivity contribution < 1.29 is 14.3 Å². The first-order valence-corrected chi connectivity index (χ1v) is 9.35. The highest BCUT2D eigenvalue weighted by Crippen LogP contribution is 2.25. The lowest BCUT2D eigenvalue weighted by Gasteiger charge is -2.18. The number of rotatable bonds is 7. The number of carbonyl (C=O) groups excluding carboxylic acids is 2. The molecule has 1 amide bonds. The number of carbonyl (C=O) groups is 2. The largest absolute Gasteiger partial charge is 0.447 e. The maximum absolute atomic E-state index is 12.5. The number of hydrogen-bond acceptors (Lipinski definition) is 4. The van der Waals surface area contributed by atoms with Gasteiger partial charge in [0, 0.05) is 16.5 Å². The van der Waals surface area contributed by atoms with Crippen LogP contribution in [0.1, 0.15) is 30.1 Å². The molecular formula is C20H21NO3S. The maximum Gasteiger partial charge on any atom is 0.317 e. The minimum absolute atomic E-state index is 0.172. The lowest BCUT2D eigenvalue weighted by molar-refractivity contribution is -0.154. The van der Waals surface area contributed by atoms with Crippen LogP contribution in [0.25, 0.3) is 0 Å². The summed E-state index contributed by atoms with van der Waals surface area (Å²) in [5.74, 6) is -0.471. The van der Waals surface area contributed by atoms with Crippen LogP contribution in [-0.4, -0.2) is 23.7 Å². The van der Waals surface area contributed by atoms with Gasteiger partial charge >= 0.3 is 5.97 Å². The average molecular weight is 355 g/mol. The van der Waals surface area contributed by atoms with E-state index in [9.17, 15) is 9.59 Å². The summed E-state index contributed by atoms with van der Waals surface area (Å²) in [5, 5.41) is 2.92. The molecule has 1 N–H and O–H groups in total. The molecule has 0 aliphatic heterocycles. The highest BCUT2D eigenvalue weighted by atomic mass is 32.2. The number of aryl methyl sites for hydroxylation is 1. The minimum atomic E-state index is -0.897. The molecule has 0 bridgehead atoms. The molecule has 1 aliphatic carbocycles. The van der Waals surface area contributed by atoms with Gasteiger partial charge in [0.2, 0.25) is 6.10 Å². The molecule has 4 nitrogen and oxygen atoms in total. The summed E-state index contributed by atoms with van der Waals surface area (Å²) in [5.41, 5.74) is 1.81. The highest BCUT2D eigenvalue weighted by molar-refractivity contribution is 8.00. The fraction of sp³-hybridized carbons (Fsp3) is 0.300. The third kappa shape index (κ3) is 5.10. The molecule has 0 heterocycles. The Kier molecular flexibility index (Phi) is 5.76. The van der Waals surface area contributed by atoms with Gasteiger partial charge in [0.1, 0.15) is 0 Å². The van der Waals surface area contributed by atoms with Crippen molar-refractivity contribution in [2.45, 2.75) is 36.8 Å². The number of nitrogens with one attached hydrogen (secondary N) is 1. The van der Waals surface area contributed by atoms with Gasteiger partial charge in [0.05, 0.1) is 5.75 Å². The lowest BCUT2D eigenvalue weighted by atomic mass is 10.1. The first-order chi connectivity index (χ1) is 12.1. The Morgan fingerprint density at radius 1 is 1.12 bits per heavy atom. The van der Waals surface area contributed by atoms with Crippen LogP contribution in [0.15, 0.2) is 59.5 Å². The Balaban J connectivity index is 1.63. The zero-order chi connectivity index (χ0) is 17.6. The van der Waals surface area contributed by atoms with Gasteiger partial charge in [-0.2, -0.15) is 0 Å². The second-order valence-corrected chi connectivity index (χ2v) is 7.13. The lowest BCUT2D eigenvalue weighted by Crippen LogP contribution is -2.33. The Morgan fingerprint density at radius 2 is 1.80 bits per heavy atom. The third-order valence-corrected chi connectivity index (χ3v) is 5.10. The average Bonchev–Trinajstić information content (AvgIpc) is 3.43. The molecule has 130 valence electrons. The van der Waals surface area contributed by atoms with E-state index in [1.54, 1.807) is 12.1 Å². The summed E-state index contributed by atoms with van der Waals surface area (Å²) in [6.07, 6.45) is 1.08. The summed E-state index contributed by atoms with van der Waals surface area (Å²) >= 11 is 1.42. The third-order valence-electron chi connectivity index (χ3n) is 3.95. The van der Waals surface area contributed by atoms with Gasteiger partial charge in [0.15, 0.2) is 0 Å². The number of hydrogen-bond donors (Lipinski definition) is 1. The van der Waals surface area contributed by atoms with E-state index in [1.807, 2.05) is 49.4 Å². The van der Waals surface area contributed by atoms with E-state index < -0.39 is 12.1 Å². The van der Waals surface area contributed by atoms with Gasteiger partial charge in [0.25, 0.3) is 5.91 Å². The fourth-order valence-corrected chi connectivity index (χ4v) is 3.24. The molecule has 1 atom stereocenters. The standard InChI is InChI=1S/C20H21NO3S/c1-14-7-5-6-10-17(14)25-13-18(22)24-19(15-8-3-2-4-9-15)20(23)21-16-11-12-16/h2-10,16,19H,11-13H2,1H3,(H,21,23). The van der Waals surface area contributed by atoms with E-state index in [-0.39, 0.29) is 17.7 Å². The topological polar surface area (TPSA) is 55.4 Å². The van der Waals surface area contributed by atoms with E-state index in [0.29, 0.717) is 5.56 Å². The van der Waals surface area contributed by atoms with Crippen molar-refractivity contribution in [1.82, 2.24) is 5.32 Å². The van der Waals surface area contributed by atoms with E-state index in [0.717, 1.165) is 23.3 Å². The van der Waals surface area contributed by atoms with Crippen molar-refractivity contribution in [2.75, 3.05) is 5.75 Å². The molecule has 1 saturated carbocycles. The Labute approximate surface area is 152 Å². The van der Waals surface area contributed by atoms with Gasteiger partial charge in [-0.1, -0.05) is 48.5 Å². The normalized spacial score (nSPS) is 14.6. The van der Waals surface area contributed by atoms with E-state index in [4.69, 9.17) is 4.74 Å². The zero-order valence-corrected chi connectivity index (χ0v) is 14.9. The minimum Gasteiger partial charge on any atom is -0.447 e. The number of benzene rings is 2. The highest BCUT2D eigenvalue weighted by Gasteiger charge is 2.30. The van der Waals surface area contributed by atoms with Gasteiger partial charge in [-0.15, -0.1) is 11.8 Å². The van der Waals surface area contributed by atoms with Crippen LogP contribution in [-0.2, 0) is 14.3 Å². The second kappa shape index (κ2) is 8.21. The zero-order valence-electron chi connectivity index (χ0n) is 14.1. The number of esters is 1. The molecule has 3 rings (SSSR count). The molecule has 25 heavy (non-hydrogen) atoms. The number of ether oxygens (including phenoxy) is 1. The van der Waals surface area contributed by atoms with Crippen molar-refractivity contribution in [3.05, 3.63) is 65.7 Å². The summed E-state index contributed by atoms with van der Waals surface area (Å²) in [4.78, 5) is 25.8. The second-order valence-electron chi connectivity index (χ2n) is 6.12. The van der Waals surface area contributed by atoms with Crippen molar-refractivity contribution >= 4 is 23.6 Å². The smallest absolute Gasteiger partial charge is 0.317 e. The Hall–Kier alpha value is -2.27. The quantitative estimate of drug-likeness (QED) is 0.608.